The predicted molar refractivity (Wildman–Crippen MR) is 154 cm³/mol. The van der Waals surface area contributed by atoms with Gasteiger partial charge < -0.3 is 10.2 Å². The van der Waals surface area contributed by atoms with Crippen LogP contribution in [-0.2, 0) is 14.8 Å². The van der Waals surface area contributed by atoms with Crippen LogP contribution < -0.4 is 0 Å². The Morgan fingerprint density at radius 1 is 0.974 bits per heavy atom. The van der Waals surface area contributed by atoms with Gasteiger partial charge in [0.1, 0.15) is 11.5 Å². The maximum absolute atomic E-state index is 12.6. The molecule has 5 fully saturated rings. The lowest BCUT2D eigenvalue weighted by molar-refractivity contribution is -0.203. The summed E-state index contributed by atoms with van der Waals surface area (Å²) in [4.78, 5) is 12.6. The Kier molecular flexibility index (Phi) is 8.68. The molecule has 7 heteroatoms. The molecule has 6 nitrogen and oxygen atoms in total. The first-order valence-electron chi connectivity index (χ1n) is 16.3. The van der Waals surface area contributed by atoms with Crippen LogP contribution in [0.1, 0.15) is 111 Å². The highest BCUT2D eigenvalue weighted by atomic mass is 32.2. The van der Waals surface area contributed by atoms with Crippen molar-refractivity contribution < 1.29 is 23.4 Å². The van der Waals surface area contributed by atoms with Gasteiger partial charge in [0.05, 0.1) is 12.2 Å². The van der Waals surface area contributed by atoms with E-state index in [-0.39, 0.29) is 40.5 Å². The van der Waals surface area contributed by atoms with Gasteiger partial charge in [-0.15, -0.1) is 0 Å². The minimum Gasteiger partial charge on any atom is -0.393 e. The monoisotopic (exact) mass is 565 g/mol. The van der Waals surface area contributed by atoms with Gasteiger partial charge in [0.2, 0.25) is 10.0 Å². The van der Waals surface area contributed by atoms with E-state index in [1.165, 1.54) is 30.0 Å². The van der Waals surface area contributed by atoms with Crippen LogP contribution in [0.15, 0.2) is 0 Å². The number of fused-ring (bicyclic) bond motifs is 5. The molecule has 0 spiro atoms. The molecule has 11 atom stereocenters. The lowest BCUT2D eigenvalue weighted by atomic mass is 9.41. The Labute approximate surface area is 237 Å². The molecule has 0 amide bonds. The van der Waals surface area contributed by atoms with E-state index in [1.54, 1.807) is 0 Å². The van der Waals surface area contributed by atoms with E-state index in [1.807, 2.05) is 0 Å². The second-order valence-electron chi connectivity index (χ2n) is 14.9. The van der Waals surface area contributed by atoms with E-state index in [0.29, 0.717) is 55.0 Å². The van der Waals surface area contributed by atoms with Crippen molar-refractivity contribution in [2.24, 2.45) is 52.3 Å². The number of hydrogen-bond acceptors (Lipinski definition) is 5. The zero-order valence-electron chi connectivity index (χ0n) is 25.0. The lowest BCUT2D eigenvalue weighted by Gasteiger charge is -2.64. The summed E-state index contributed by atoms with van der Waals surface area (Å²) in [7, 11) is -3.45. The van der Waals surface area contributed by atoms with Gasteiger partial charge in [-0.2, -0.15) is 0 Å². The zero-order chi connectivity index (χ0) is 28.2. The fourth-order valence-electron chi connectivity index (χ4n) is 11.1. The van der Waals surface area contributed by atoms with Gasteiger partial charge >= 0.3 is 0 Å². The molecule has 224 valence electrons. The summed E-state index contributed by atoms with van der Waals surface area (Å²) in [5.41, 5.74) is 0.449. The highest BCUT2D eigenvalue weighted by Crippen LogP contribution is 2.69. The molecular formula is C32H55NO5S. The Morgan fingerprint density at radius 2 is 1.64 bits per heavy atom. The molecule has 1 heterocycles. The Balaban J connectivity index is 1.22. The fourth-order valence-corrected chi connectivity index (χ4v) is 12.6. The number of aliphatic hydroxyl groups is 2. The van der Waals surface area contributed by atoms with Crippen molar-refractivity contribution >= 4 is 15.8 Å². The number of carbonyl (C=O) groups excluding carboxylic acids is 1. The third-order valence-corrected chi connectivity index (χ3v) is 14.9. The van der Waals surface area contributed by atoms with Crippen LogP contribution in [0.5, 0.6) is 0 Å². The molecule has 4 saturated carbocycles. The minimum absolute atomic E-state index is 0.138. The summed E-state index contributed by atoms with van der Waals surface area (Å²) in [5.74, 6) is 2.79. The molecule has 0 aromatic carbocycles. The van der Waals surface area contributed by atoms with Crippen molar-refractivity contribution in [3.8, 4) is 0 Å². The number of carbonyl (C=O) groups is 1. The largest absolute Gasteiger partial charge is 0.393 e. The molecule has 1 saturated heterocycles. The van der Waals surface area contributed by atoms with Gasteiger partial charge in [-0.3, -0.25) is 4.79 Å². The maximum Gasteiger partial charge on any atom is 0.221 e. The second kappa shape index (κ2) is 11.3. The van der Waals surface area contributed by atoms with Crippen LogP contribution in [0.3, 0.4) is 0 Å². The Hall–Kier alpha value is -0.500. The summed E-state index contributed by atoms with van der Waals surface area (Å²) in [5, 5.41) is 22.4. The molecule has 39 heavy (non-hydrogen) atoms. The first-order chi connectivity index (χ1) is 18.4. The highest BCUT2D eigenvalue weighted by Gasteiger charge is 2.64. The predicted octanol–water partition coefficient (Wildman–Crippen LogP) is 5.41. The zero-order valence-corrected chi connectivity index (χ0v) is 25.8. The summed E-state index contributed by atoms with van der Waals surface area (Å²) in [6.45, 7) is 10.7. The topological polar surface area (TPSA) is 94.9 Å². The van der Waals surface area contributed by atoms with E-state index in [0.717, 1.165) is 51.4 Å². The second-order valence-corrected chi connectivity index (χ2v) is 16.9. The first kappa shape index (κ1) is 30.0. The van der Waals surface area contributed by atoms with Crippen LogP contribution >= 0.6 is 0 Å². The van der Waals surface area contributed by atoms with Gasteiger partial charge in [0.25, 0.3) is 0 Å². The molecule has 0 aromatic heterocycles. The average Bonchev–Trinajstić information content (AvgIpc) is 3.54. The number of Topliss-reactive ketones (excluding diaryl/α,β-unsaturated/α-hetero) is 1. The van der Waals surface area contributed by atoms with Gasteiger partial charge in [-0.25, -0.2) is 12.7 Å². The standard InChI is InChI=1S/C32H55NO5S/c1-5-24-28-19-22(34)13-15-32(28,4)27-14-16-31(3)25(11-12-26(31)29(27)30(24)36)21(2)9-8-10-23(35)20-39(37,38)33-17-6-7-18-33/h21-22,24-30,34,36H,5-20H2,1-4H3/t21-,22-,24-,25-,26+,27+,28+,29+,30-,31-,32-/m1/s1. The first-order valence-corrected chi connectivity index (χ1v) is 17.9. The van der Waals surface area contributed by atoms with Gasteiger partial charge in [-0.1, -0.05) is 40.5 Å². The van der Waals surface area contributed by atoms with Crippen molar-refractivity contribution in [3.05, 3.63) is 0 Å². The SMILES string of the molecule is CC[C@H]1[C@@H](O)[C@@H]2[C@H](CC[C@]3(C)[C@@H]([C@H](C)CCCC(=O)CS(=O)(=O)N4CCCC4)CC[C@@H]23)[C@@]2(C)CC[C@@H](O)C[C@@H]12. The van der Waals surface area contributed by atoms with E-state index >= 15 is 0 Å². The van der Waals surface area contributed by atoms with E-state index in [9.17, 15) is 23.4 Å². The average molecular weight is 566 g/mol. The van der Waals surface area contributed by atoms with Crippen LogP contribution in [0.2, 0.25) is 0 Å². The number of aliphatic hydroxyl groups excluding tert-OH is 2. The number of ketones is 1. The van der Waals surface area contributed by atoms with Gasteiger partial charge in [-0.05, 0) is 116 Å². The Bertz CT molecular complexity index is 995. The molecule has 0 bridgehead atoms. The van der Waals surface area contributed by atoms with Crippen LogP contribution in [0, 0.1) is 52.3 Å². The van der Waals surface area contributed by atoms with E-state index in [2.05, 4.69) is 27.7 Å². The summed E-state index contributed by atoms with van der Waals surface area (Å²) < 4.78 is 26.6. The molecule has 0 aromatic rings. The quantitative estimate of drug-likeness (QED) is 0.390. The fraction of sp³-hybridized carbons (Fsp3) is 0.969. The van der Waals surface area contributed by atoms with Crippen molar-refractivity contribution in [3.63, 3.8) is 0 Å². The van der Waals surface area contributed by atoms with Crippen LogP contribution in [0.25, 0.3) is 0 Å². The number of sulfonamides is 1. The normalized spacial score (nSPS) is 45.4. The summed E-state index contributed by atoms with van der Waals surface area (Å²) >= 11 is 0. The maximum atomic E-state index is 12.6. The number of hydrogen-bond donors (Lipinski definition) is 2. The van der Waals surface area contributed by atoms with Crippen molar-refractivity contribution in [1.29, 1.82) is 0 Å². The molecular weight excluding hydrogens is 510 g/mol. The van der Waals surface area contributed by atoms with E-state index < -0.39 is 10.0 Å². The number of nitrogens with zero attached hydrogens (tertiary/aromatic N) is 1. The molecule has 5 aliphatic rings. The van der Waals surface area contributed by atoms with E-state index in [4.69, 9.17) is 0 Å². The smallest absolute Gasteiger partial charge is 0.221 e. The van der Waals surface area contributed by atoms with Crippen LogP contribution in [0.4, 0.5) is 0 Å². The van der Waals surface area contributed by atoms with Gasteiger partial charge in [0, 0.05) is 19.5 Å². The molecule has 1 aliphatic heterocycles. The molecule has 5 rings (SSSR count). The van der Waals surface area contributed by atoms with Gasteiger partial charge in [0.15, 0.2) is 0 Å². The molecule has 0 radical (unpaired) electrons. The molecule has 2 N–H and O–H groups in total. The summed E-state index contributed by atoms with van der Waals surface area (Å²) in [6, 6.07) is 0. The third kappa shape index (κ3) is 5.29. The van der Waals surface area contributed by atoms with Crippen molar-refractivity contribution in [2.45, 2.75) is 123 Å². The highest BCUT2D eigenvalue weighted by molar-refractivity contribution is 7.89. The Morgan fingerprint density at radius 3 is 2.33 bits per heavy atom. The number of rotatable bonds is 9. The minimum atomic E-state index is -3.45. The van der Waals surface area contributed by atoms with Crippen molar-refractivity contribution in [2.75, 3.05) is 18.8 Å². The summed E-state index contributed by atoms with van der Waals surface area (Å²) in [6.07, 6.45) is 12.0. The van der Waals surface area contributed by atoms with Crippen molar-refractivity contribution in [1.82, 2.24) is 4.31 Å². The lowest BCUT2D eigenvalue weighted by Crippen LogP contribution is -2.62. The molecule has 4 aliphatic carbocycles. The third-order valence-electron chi connectivity index (χ3n) is 13.1. The van der Waals surface area contributed by atoms with Crippen LogP contribution in [-0.4, -0.2) is 59.8 Å². The molecule has 0 unspecified atom stereocenters.